The lowest BCUT2D eigenvalue weighted by atomic mass is 9.95. The summed E-state index contributed by atoms with van der Waals surface area (Å²) in [5.74, 6) is -0.250. The molecule has 3 aromatic rings. The van der Waals surface area contributed by atoms with Crippen LogP contribution < -0.4 is 5.73 Å². The predicted molar refractivity (Wildman–Crippen MR) is 114 cm³/mol. The second-order valence-corrected chi connectivity index (χ2v) is 8.65. The molecule has 0 aliphatic heterocycles. The van der Waals surface area contributed by atoms with Crippen LogP contribution in [0.3, 0.4) is 0 Å². The number of thiazole rings is 1. The molecule has 1 aromatic carbocycles. The minimum absolute atomic E-state index is 0.00926. The van der Waals surface area contributed by atoms with Gasteiger partial charge in [-0.2, -0.15) is 5.26 Å². The fourth-order valence-electron chi connectivity index (χ4n) is 3.40. The number of carbonyl (C=O) groups is 1. The Hall–Kier alpha value is -2.36. The first kappa shape index (κ1) is 20.4. The molecule has 0 radical (unpaired) electrons. The SMILES string of the molecule is CC(C)C(N)=O.N#Cc1ccc2c(c1)c1c(n2Cc2csc(Cl)n2)CCCC1. The summed E-state index contributed by atoms with van der Waals surface area (Å²) < 4.78 is 2.95. The molecule has 2 aromatic heterocycles. The lowest BCUT2D eigenvalue weighted by Crippen LogP contribution is -2.17. The van der Waals surface area contributed by atoms with E-state index in [-0.39, 0.29) is 11.8 Å². The zero-order valence-electron chi connectivity index (χ0n) is 16.0. The van der Waals surface area contributed by atoms with Crippen LogP contribution in [-0.4, -0.2) is 15.5 Å². The Bertz CT molecular complexity index is 1040. The van der Waals surface area contributed by atoms with Crippen LogP contribution in [0, 0.1) is 17.2 Å². The predicted octanol–water partition coefficient (Wildman–Crippen LogP) is 4.68. The van der Waals surface area contributed by atoms with E-state index >= 15 is 0 Å². The van der Waals surface area contributed by atoms with Gasteiger partial charge in [0.1, 0.15) is 0 Å². The molecular formula is C21H23ClN4OS. The number of primary amides is 1. The molecule has 0 fully saturated rings. The van der Waals surface area contributed by atoms with Crippen molar-refractivity contribution in [2.75, 3.05) is 0 Å². The summed E-state index contributed by atoms with van der Waals surface area (Å²) in [6.45, 7) is 4.28. The maximum Gasteiger partial charge on any atom is 0.219 e. The Morgan fingerprint density at radius 2 is 2.11 bits per heavy atom. The lowest BCUT2D eigenvalue weighted by Gasteiger charge is -2.15. The van der Waals surface area contributed by atoms with Crippen molar-refractivity contribution in [3.63, 3.8) is 0 Å². The first-order chi connectivity index (χ1) is 13.4. The number of fused-ring (bicyclic) bond motifs is 3. The van der Waals surface area contributed by atoms with E-state index in [1.807, 2.05) is 17.5 Å². The molecule has 1 amide bonds. The van der Waals surface area contributed by atoms with Gasteiger partial charge in [-0.1, -0.05) is 25.4 Å². The molecule has 1 aliphatic carbocycles. The summed E-state index contributed by atoms with van der Waals surface area (Å²) in [5.41, 5.74) is 10.6. The summed E-state index contributed by atoms with van der Waals surface area (Å²) in [6.07, 6.45) is 4.66. The third kappa shape index (κ3) is 4.37. The largest absolute Gasteiger partial charge is 0.369 e. The zero-order chi connectivity index (χ0) is 20.3. The highest BCUT2D eigenvalue weighted by molar-refractivity contribution is 7.13. The van der Waals surface area contributed by atoms with Crippen LogP contribution in [0.4, 0.5) is 0 Å². The molecule has 2 N–H and O–H groups in total. The molecule has 0 saturated carbocycles. The minimum Gasteiger partial charge on any atom is -0.369 e. The van der Waals surface area contributed by atoms with Gasteiger partial charge in [-0.3, -0.25) is 4.79 Å². The fourth-order valence-corrected chi connectivity index (χ4v) is 4.18. The molecule has 5 nitrogen and oxygen atoms in total. The highest BCUT2D eigenvalue weighted by atomic mass is 35.5. The van der Waals surface area contributed by atoms with Crippen LogP contribution in [0.5, 0.6) is 0 Å². The van der Waals surface area contributed by atoms with Gasteiger partial charge in [-0.25, -0.2) is 4.98 Å². The van der Waals surface area contributed by atoms with Crippen molar-refractivity contribution in [2.45, 2.75) is 46.1 Å². The third-order valence-electron chi connectivity index (χ3n) is 4.92. The Morgan fingerprint density at radius 1 is 1.39 bits per heavy atom. The Morgan fingerprint density at radius 3 is 2.71 bits per heavy atom. The molecule has 0 spiro atoms. The van der Waals surface area contributed by atoms with Crippen LogP contribution in [0.2, 0.25) is 4.47 Å². The van der Waals surface area contributed by atoms with Crippen molar-refractivity contribution < 1.29 is 4.79 Å². The van der Waals surface area contributed by atoms with Gasteiger partial charge in [-0.05, 0) is 49.4 Å². The van der Waals surface area contributed by atoms with E-state index < -0.39 is 0 Å². The number of carbonyl (C=O) groups excluding carboxylic acids is 1. The molecule has 0 bridgehead atoms. The molecule has 28 heavy (non-hydrogen) atoms. The first-order valence-electron chi connectivity index (χ1n) is 9.34. The minimum atomic E-state index is -0.241. The van der Waals surface area contributed by atoms with Gasteiger partial charge < -0.3 is 10.3 Å². The monoisotopic (exact) mass is 414 g/mol. The van der Waals surface area contributed by atoms with Crippen LogP contribution in [0.1, 0.15) is 49.2 Å². The number of nitriles is 1. The van der Waals surface area contributed by atoms with Gasteiger partial charge in [0.05, 0.1) is 23.9 Å². The van der Waals surface area contributed by atoms with Crippen molar-refractivity contribution in [1.82, 2.24) is 9.55 Å². The second-order valence-electron chi connectivity index (χ2n) is 7.21. The van der Waals surface area contributed by atoms with Gasteiger partial charge in [0.15, 0.2) is 4.47 Å². The van der Waals surface area contributed by atoms with Gasteiger partial charge >= 0.3 is 0 Å². The second kappa shape index (κ2) is 8.76. The average molecular weight is 415 g/mol. The number of aromatic nitrogens is 2. The summed E-state index contributed by atoms with van der Waals surface area (Å²) in [4.78, 5) is 14.3. The van der Waals surface area contributed by atoms with Crippen LogP contribution in [0.15, 0.2) is 23.6 Å². The van der Waals surface area contributed by atoms with E-state index in [0.717, 1.165) is 30.6 Å². The smallest absolute Gasteiger partial charge is 0.219 e. The summed E-state index contributed by atoms with van der Waals surface area (Å²) >= 11 is 7.44. The average Bonchev–Trinajstić information content (AvgIpc) is 3.24. The number of nitrogens with zero attached hydrogens (tertiary/aromatic N) is 3. The van der Waals surface area contributed by atoms with Crippen molar-refractivity contribution in [3.8, 4) is 6.07 Å². The molecule has 146 valence electrons. The number of aryl methyl sites for hydroxylation is 1. The number of rotatable bonds is 3. The van der Waals surface area contributed by atoms with Crippen LogP contribution in [-0.2, 0) is 24.2 Å². The third-order valence-corrected chi connectivity index (χ3v) is 5.95. The maximum atomic E-state index is 9.92. The van der Waals surface area contributed by atoms with E-state index in [0.29, 0.717) is 4.47 Å². The van der Waals surface area contributed by atoms with Gasteiger partial charge in [0.2, 0.25) is 5.91 Å². The molecule has 0 saturated heterocycles. The van der Waals surface area contributed by atoms with Crippen molar-refractivity contribution in [1.29, 1.82) is 5.26 Å². The van der Waals surface area contributed by atoms with Crippen LogP contribution in [0.25, 0.3) is 10.9 Å². The highest BCUT2D eigenvalue weighted by Gasteiger charge is 2.20. The number of nitrogens with two attached hydrogens (primary N) is 1. The van der Waals surface area contributed by atoms with Gasteiger partial charge in [0, 0.05) is 27.9 Å². The van der Waals surface area contributed by atoms with E-state index in [4.69, 9.17) is 22.6 Å². The van der Waals surface area contributed by atoms with E-state index in [1.165, 1.54) is 46.3 Å². The van der Waals surface area contributed by atoms with Gasteiger partial charge in [-0.15, -0.1) is 11.3 Å². The summed E-state index contributed by atoms with van der Waals surface area (Å²) in [5, 5.41) is 12.4. The lowest BCUT2D eigenvalue weighted by molar-refractivity contribution is -0.120. The van der Waals surface area contributed by atoms with Crippen molar-refractivity contribution in [3.05, 3.63) is 50.6 Å². The van der Waals surface area contributed by atoms with Gasteiger partial charge in [0.25, 0.3) is 0 Å². The Labute approximate surface area is 173 Å². The standard InChI is InChI=1S/C17H14ClN3S.C4H9NO/c18-17-20-12(10-22-17)9-21-15-4-2-1-3-13(15)14-7-11(8-19)5-6-16(14)21;1-3(2)4(5)6/h5-7,10H,1-4,9H2;3H,1-2H3,(H2,5,6). The number of halogens is 1. The topological polar surface area (TPSA) is 84.7 Å². The molecule has 0 unspecified atom stereocenters. The van der Waals surface area contributed by atoms with Crippen molar-refractivity contribution >= 4 is 39.7 Å². The Kier molecular flexibility index (Phi) is 6.38. The maximum absolute atomic E-state index is 9.92. The van der Waals surface area contributed by atoms with E-state index in [2.05, 4.69) is 21.7 Å². The number of benzene rings is 1. The number of hydrogen-bond donors (Lipinski definition) is 1. The van der Waals surface area contributed by atoms with Crippen LogP contribution >= 0.6 is 22.9 Å². The number of hydrogen-bond acceptors (Lipinski definition) is 4. The molecular weight excluding hydrogens is 392 g/mol. The molecule has 0 atom stereocenters. The highest BCUT2D eigenvalue weighted by Crippen LogP contribution is 2.33. The zero-order valence-corrected chi connectivity index (χ0v) is 17.6. The van der Waals surface area contributed by atoms with Crippen molar-refractivity contribution in [2.24, 2.45) is 11.7 Å². The fraction of sp³-hybridized carbons (Fsp3) is 0.381. The normalized spacial score (nSPS) is 13.0. The van der Waals surface area contributed by atoms with E-state index in [9.17, 15) is 4.79 Å². The quantitative estimate of drug-likeness (QED) is 0.675. The summed E-state index contributed by atoms with van der Waals surface area (Å²) in [7, 11) is 0. The summed E-state index contributed by atoms with van der Waals surface area (Å²) in [6, 6.07) is 8.25. The first-order valence-corrected chi connectivity index (χ1v) is 10.6. The molecule has 4 rings (SSSR count). The van der Waals surface area contributed by atoms with E-state index in [1.54, 1.807) is 13.8 Å². The number of amides is 1. The molecule has 7 heteroatoms. The molecule has 1 aliphatic rings. The molecule has 2 heterocycles. The Balaban J connectivity index is 0.000000330.